The molecule has 2 bridgehead atoms. The van der Waals surface area contributed by atoms with Gasteiger partial charge in [0.1, 0.15) is 5.82 Å². The summed E-state index contributed by atoms with van der Waals surface area (Å²) in [4.78, 5) is 22.4. The van der Waals surface area contributed by atoms with Crippen LogP contribution in [0.2, 0.25) is 0 Å². The molecule has 2 unspecified atom stereocenters. The molecule has 2 saturated heterocycles. The third-order valence-corrected chi connectivity index (χ3v) is 8.00. The van der Waals surface area contributed by atoms with Gasteiger partial charge in [-0.15, -0.1) is 0 Å². The molecule has 7 rings (SSSR count). The van der Waals surface area contributed by atoms with Gasteiger partial charge in [0.25, 0.3) is 0 Å². The summed E-state index contributed by atoms with van der Waals surface area (Å²) in [5, 5.41) is 11.6. The Hall–Kier alpha value is -3.58. The van der Waals surface area contributed by atoms with E-state index in [1.165, 1.54) is 24.1 Å². The summed E-state index contributed by atoms with van der Waals surface area (Å²) in [6.45, 7) is 1.57. The predicted octanol–water partition coefficient (Wildman–Crippen LogP) is 5.29. The summed E-state index contributed by atoms with van der Waals surface area (Å²) < 4.78 is 1.84. The second-order valence-corrected chi connectivity index (χ2v) is 10.6. The zero-order valence-electron chi connectivity index (χ0n) is 20.4. The molecule has 182 valence electrons. The Morgan fingerprint density at radius 1 is 0.944 bits per heavy atom. The summed E-state index contributed by atoms with van der Waals surface area (Å²) in [6.07, 6.45) is 10.8. The van der Waals surface area contributed by atoms with Gasteiger partial charge in [-0.05, 0) is 50.5 Å². The van der Waals surface area contributed by atoms with E-state index in [4.69, 9.17) is 15.1 Å². The number of hydrogen-bond donors (Lipinski definition) is 2. The van der Waals surface area contributed by atoms with Crippen LogP contribution >= 0.6 is 0 Å². The molecule has 36 heavy (non-hydrogen) atoms. The highest BCUT2D eigenvalue weighted by Crippen LogP contribution is 2.49. The van der Waals surface area contributed by atoms with Gasteiger partial charge in [0, 0.05) is 53.4 Å². The molecule has 1 aromatic carbocycles. The molecule has 7 nitrogen and oxygen atoms in total. The van der Waals surface area contributed by atoms with Gasteiger partial charge in [0.2, 0.25) is 5.91 Å². The van der Waals surface area contributed by atoms with Crippen molar-refractivity contribution in [2.24, 2.45) is 0 Å². The smallest absolute Gasteiger partial charge is 0.222 e. The first-order valence-electron chi connectivity index (χ1n) is 13.1. The molecule has 7 heteroatoms. The first-order chi connectivity index (χ1) is 17.6. The number of anilines is 1. The SMILES string of the molecule is CC(=O)Nc1c(C2CC2)c(C2CC3CCC(C2)N3)nc2c(-c3ccc(-c4ccccc4)nc3)cnn12. The van der Waals surface area contributed by atoms with Gasteiger partial charge in [-0.3, -0.25) is 9.78 Å². The fourth-order valence-corrected chi connectivity index (χ4v) is 6.21. The van der Waals surface area contributed by atoms with Gasteiger partial charge < -0.3 is 10.6 Å². The Morgan fingerprint density at radius 3 is 2.39 bits per heavy atom. The number of fused-ring (bicyclic) bond motifs is 3. The van der Waals surface area contributed by atoms with E-state index in [0.717, 1.165) is 59.5 Å². The maximum atomic E-state index is 12.3. The monoisotopic (exact) mass is 478 g/mol. The van der Waals surface area contributed by atoms with Crippen LogP contribution in [0.25, 0.3) is 28.0 Å². The third-order valence-electron chi connectivity index (χ3n) is 8.00. The van der Waals surface area contributed by atoms with E-state index in [1.807, 2.05) is 41.2 Å². The summed E-state index contributed by atoms with van der Waals surface area (Å²) >= 11 is 0. The number of carbonyl (C=O) groups is 1. The summed E-state index contributed by atoms with van der Waals surface area (Å²) in [5.41, 5.74) is 7.10. The number of piperidine rings is 1. The molecule has 2 aliphatic heterocycles. The molecule has 5 heterocycles. The average molecular weight is 479 g/mol. The van der Waals surface area contributed by atoms with Crippen LogP contribution in [0.15, 0.2) is 54.9 Å². The molecule has 1 amide bonds. The number of rotatable bonds is 5. The Bertz CT molecular complexity index is 1430. The van der Waals surface area contributed by atoms with Crippen molar-refractivity contribution in [3.05, 3.63) is 66.1 Å². The highest BCUT2D eigenvalue weighted by Gasteiger charge is 2.40. The molecule has 1 saturated carbocycles. The minimum atomic E-state index is -0.0772. The number of nitrogens with one attached hydrogen (secondary N) is 2. The summed E-state index contributed by atoms with van der Waals surface area (Å²) in [5.74, 6) is 1.58. The first-order valence-corrected chi connectivity index (χ1v) is 13.1. The Balaban J connectivity index is 1.36. The zero-order valence-corrected chi connectivity index (χ0v) is 20.4. The van der Waals surface area contributed by atoms with E-state index in [2.05, 4.69) is 28.8 Å². The lowest BCUT2D eigenvalue weighted by Crippen LogP contribution is -2.37. The molecule has 0 spiro atoms. The molecular formula is C29H30N6O. The maximum Gasteiger partial charge on any atom is 0.222 e. The van der Waals surface area contributed by atoms with Crippen LogP contribution in [0.3, 0.4) is 0 Å². The topological polar surface area (TPSA) is 84.2 Å². The summed E-state index contributed by atoms with van der Waals surface area (Å²) in [7, 11) is 0. The first kappa shape index (κ1) is 21.7. The third kappa shape index (κ3) is 3.78. The van der Waals surface area contributed by atoms with E-state index < -0.39 is 0 Å². The number of benzene rings is 1. The number of amides is 1. The number of hydrogen-bond acceptors (Lipinski definition) is 5. The lowest BCUT2D eigenvalue weighted by Gasteiger charge is -2.30. The lowest BCUT2D eigenvalue weighted by molar-refractivity contribution is -0.114. The molecule has 2 atom stereocenters. The van der Waals surface area contributed by atoms with Crippen molar-refractivity contribution in [1.82, 2.24) is 24.9 Å². The van der Waals surface area contributed by atoms with E-state index in [9.17, 15) is 4.79 Å². The minimum Gasteiger partial charge on any atom is -0.311 e. The fraction of sp³-hybridized carbons (Fsp3) is 0.379. The highest BCUT2D eigenvalue weighted by molar-refractivity contribution is 5.90. The number of carbonyl (C=O) groups excluding carboxylic acids is 1. The lowest BCUT2D eigenvalue weighted by atomic mass is 9.86. The van der Waals surface area contributed by atoms with Gasteiger partial charge >= 0.3 is 0 Å². The second kappa shape index (κ2) is 8.52. The Labute approximate surface area is 210 Å². The van der Waals surface area contributed by atoms with Gasteiger partial charge in [-0.1, -0.05) is 36.4 Å². The molecule has 3 aliphatic rings. The van der Waals surface area contributed by atoms with Crippen molar-refractivity contribution in [2.45, 2.75) is 69.4 Å². The van der Waals surface area contributed by atoms with Crippen molar-refractivity contribution in [1.29, 1.82) is 0 Å². The number of pyridine rings is 1. The van der Waals surface area contributed by atoms with Gasteiger partial charge in [-0.2, -0.15) is 9.61 Å². The molecule has 1 aliphatic carbocycles. The predicted molar refractivity (Wildman–Crippen MR) is 140 cm³/mol. The quantitative estimate of drug-likeness (QED) is 0.407. The summed E-state index contributed by atoms with van der Waals surface area (Å²) in [6, 6.07) is 15.5. The van der Waals surface area contributed by atoms with Crippen molar-refractivity contribution >= 4 is 17.4 Å². The Morgan fingerprint density at radius 2 is 1.72 bits per heavy atom. The van der Waals surface area contributed by atoms with Crippen molar-refractivity contribution < 1.29 is 4.79 Å². The van der Waals surface area contributed by atoms with E-state index in [1.54, 1.807) is 6.92 Å². The molecule has 3 fully saturated rings. The molecule has 2 N–H and O–H groups in total. The second-order valence-electron chi connectivity index (χ2n) is 10.6. The largest absolute Gasteiger partial charge is 0.311 e. The van der Waals surface area contributed by atoms with Crippen LogP contribution in [-0.4, -0.2) is 37.6 Å². The standard InChI is InChI=1S/C29H30N6O/c1-17(36)32-29-26(19-7-8-19)27(21-13-22-10-11-23(14-21)33-22)34-28-24(16-31-35(28)29)20-9-12-25(30-15-20)18-5-3-2-4-6-18/h2-6,9,12,15-16,19,21-23,33H,7-8,10-11,13-14H2,1H3,(H,32,36). The maximum absolute atomic E-state index is 12.3. The van der Waals surface area contributed by atoms with Crippen molar-refractivity contribution in [3.8, 4) is 22.4 Å². The van der Waals surface area contributed by atoms with Gasteiger partial charge in [0.15, 0.2) is 5.65 Å². The number of nitrogens with zero attached hydrogens (tertiary/aromatic N) is 4. The van der Waals surface area contributed by atoms with Gasteiger partial charge in [-0.25, -0.2) is 4.98 Å². The van der Waals surface area contributed by atoms with E-state index in [-0.39, 0.29) is 5.91 Å². The fourth-order valence-electron chi connectivity index (χ4n) is 6.21. The zero-order chi connectivity index (χ0) is 24.2. The van der Waals surface area contributed by atoms with Crippen LogP contribution in [0.4, 0.5) is 5.82 Å². The van der Waals surface area contributed by atoms with E-state index >= 15 is 0 Å². The van der Waals surface area contributed by atoms with E-state index in [0.29, 0.717) is 23.9 Å². The molecule has 0 radical (unpaired) electrons. The van der Waals surface area contributed by atoms with Crippen LogP contribution in [0, 0.1) is 0 Å². The minimum absolute atomic E-state index is 0.0772. The molecule has 4 aromatic rings. The molecule has 3 aromatic heterocycles. The highest BCUT2D eigenvalue weighted by atomic mass is 16.1. The van der Waals surface area contributed by atoms with Crippen molar-refractivity contribution in [2.75, 3.05) is 5.32 Å². The molecular weight excluding hydrogens is 448 g/mol. The average Bonchev–Trinajstić information content (AvgIpc) is 3.56. The van der Waals surface area contributed by atoms with Gasteiger partial charge in [0.05, 0.1) is 17.6 Å². The normalized spacial score (nSPS) is 23.2. The van der Waals surface area contributed by atoms with Crippen LogP contribution in [0.1, 0.15) is 68.5 Å². The Kier molecular flexibility index (Phi) is 5.13. The van der Waals surface area contributed by atoms with Crippen LogP contribution < -0.4 is 10.6 Å². The van der Waals surface area contributed by atoms with Crippen LogP contribution in [-0.2, 0) is 4.79 Å². The van der Waals surface area contributed by atoms with Crippen molar-refractivity contribution in [3.63, 3.8) is 0 Å². The number of aromatic nitrogens is 4. The van der Waals surface area contributed by atoms with Crippen LogP contribution in [0.5, 0.6) is 0 Å².